The van der Waals surface area contributed by atoms with E-state index >= 15 is 0 Å². The molecule has 0 spiro atoms. The summed E-state index contributed by atoms with van der Waals surface area (Å²) in [6.45, 7) is 0. The van der Waals surface area contributed by atoms with Crippen LogP contribution in [0.4, 0.5) is 0 Å². The van der Waals surface area contributed by atoms with Gasteiger partial charge in [0.05, 0.1) is 0 Å². The number of phenols is 1. The molecule has 0 aromatic heterocycles. The third-order valence-electron chi connectivity index (χ3n) is 3.01. The second-order valence-corrected chi connectivity index (χ2v) is 4.09. The van der Waals surface area contributed by atoms with E-state index in [-0.39, 0.29) is 0 Å². The lowest BCUT2D eigenvalue weighted by Gasteiger charge is -2.05. The van der Waals surface area contributed by atoms with Crippen LogP contribution >= 0.6 is 0 Å². The summed E-state index contributed by atoms with van der Waals surface area (Å²) in [5, 5.41) is 9.46. The molecule has 2 aromatic rings. The van der Waals surface area contributed by atoms with E-state index in [2.05, 4.69) is 36.4 Å². The Morgan fingerprint density at radius 2 is 1.56 bits per heavy atom. The molecule has 1 heteroatoms. The van der Waals surface area contributed by atoms with E-state index in [1.54, 1.807) is 6.07 Å². The maximum absolute atomic E-state index is 9.46. The third kappa shape index (κ3) is 1.50. The summed E-state index contributed by atoms with van der Waals surface area (Å²) < 4.78 is 0. The van der Waals surface area contributed by atoms with E-state index < -0.39 is 0 Å². The molecule has 0 fully saturated rings. The molecule has 2 aromatic carbocycles. The Morgan fingerprint density at radius 3 is 2.50 bits per heavy atom. The SMILES string of the molecule is Oc1ccc2c(c1)C=Cc1ccccc1C2. The summed E-state index contributed by atoms with van der Waals surface area (Å²) in [4.78, 5) is 0. The highest BCUT2D eigenvalue weighted by molar-refractivity contribution is 5.75. The second kappa shape index (κ2) is 3.53. The summed E-state index contributed by atoms with van der Waals surface area (Å²) in [7, 11) is 0. The fourth-order valence-corrected chi connectivity index (χ4v) is 2.14. The molecular formula is C15H12O. The Labute approximate surface area is 94.7 Å². The highest BCUT2D eigenvalue weighted by atomic mass is 16.3. The molecule has 0 saturated carbocycles. The standard InChI is InChI=1S/C15H12O/c16-15-8-7-13-9-12-4-2-1-3-11(12)5-6-14(13)10-15/h1-8,10,16H,9H2. The quantitative estimate of drug-likeness (QED) is 0.599. The molecule has 1 aliphatic rings. The fourth-order valence-electron chi connectivity index (χ4n) is 2.14. The van der Waals surface area contributed by atoms with Crippen LogP contribution in [0.15, 0.2) is 42.5 Å². The molecule has 0 unspecified atom stereocenters. The third-order valence-corrected chi connectivity index (χ3v) is 3.01. The molecule has 0 bridgehead atoms. The van der Waals surface area contributed by atoms with E-state index in [4.69, 9.17) is 0 Å². The molecule has 1 N–H and O–H groups in total. The Hall–Kier alpha value is -2.02. The minimum atomic E-state index is 0.328. The average molecular weight is 208 g/mol. The van der Waals surface area contributed by atoms with Crippen molar-refractivity contribution in [3.05, 3.63) is 64.7 Å². The van der Waals surface area contributed by atoms with Crippen molar-refractivity contribution in [1.29, 1.82) is 0 Å². The first kappa shape index (κ1) is 9.22. The number of hydrogen-bond donors (Lipinski definition) is 1. The molecule has 16 heavy (non-hydrogen) atoms. The summed E-state index contributed by atoms with van der Waals surface area (Å²) in [5.41, 5.74) is 4.97. The summed E-state index contributed by atoms with van der Waals surface area (Å²) in [6, 6.07) is 14.0. The highest BCUT2D eigenvalue weighted by Crippen LogP contribution is 2.26. The van der Waals surface area contributed by atoms with E-state index in [9.17, 15) is 5.11 Å². The predicted molar refractivity (Wildman–Crippen MR) is 66.3 cm³/mol. The normalized spacial score (nSPS) is 12.8. The molecule has 78 valence electrons. The first-order chi connectivity index (χ1) is 7.83. The van der Waals surface area contributed by atoms with Gasteiger partial charge < -0.3 is 5.11 Å². The fraction of sp³-hybridized carbons (Fsp3) is 0.0667. The van der Waals surface area contributed by atoms with Crippen molar-refractivity contribution in [3.63, 3.8) is 0 Å². The number of benzene rings is 2. The number of aromatic hydroxyl groups is 1. The Bertz CT molecular complexity index is 567. The van der Waals surface area contributed by atoms with Crippen LogP contribution in [0.5, 0.6) is 5.75 Å². The van der Waals surface area contributed by atoms with Gasteiger partial charge in [0.2, 0.25) is 0 Å². The predicted octanol–water partition coefficient (Wildman–Crippen LogP) is 3.47. The molecule has 3 rings (SSSR count). The molecule has 1 nitrogen and oxygen atoms in total. The summed E-state index contributed by atoms with van der Waals surface area (Å²) >= 11 is 0. The van der Waals surface area contributed by atoms with Crippen LogP contribution in [0.3, 0.4) is 0 Å². The number of fused-ring (bicyclic) bond motifs is 2. The van der Waals surface area contributed by atoms with Gasteiger partial charge in [0.15, 0.2) is 0 Å². The number of rotatable bonds is 0. The molecule has 0 heterocycles. The Balaban J connectivity index is 2.17. The lowest BCUT2D eigenvalue weighted by Crippen LogP contribution is -1.91. The molecule has 0 atom stereocenters. The van der Waals surface area contributed by atoms with Crippen LogP contribution in [0.25, 0.3) is 12.2 Å². The first-order valence-corrected chi connectivity index (χ1v) is 5.41. The number of phenolic OH excluding ortho intramolecular Hbond substituents is 1. The maximum Gasteiger partial charge on any atom is 0.116 e. The molecule has 1 aliphatic carbocycles. The topological polar surface area (TPSA) is 20.2 Å². The Morgan fingerprint density at radius 1 is 0.812 bits per heavy atom. The van der Waals surface area contributed by atoms with Crippen LogP contribution in [-0.4, -0.2) is 5.11 Å². The van der Waals surface area contributed by atoms with Gasteiger partial charge in [0.1, 0.15) is 5.75 Å². The number of hydrogen-bond acceptors (Lipinski definition) is 1. The van der Waals surface area contributed by atoms with Crippen LogP contribution in [0.1, 0.15) is 22.3 Å². The Kier molecular flexibility index (Phi) is 2.03. The zero-order chi connectivity index (χ0) is 11.0. The van der Waals surface area contributed by atoms with Crippen LogP contribution in [0, 0.1) is 0 Å². The summed E-state index contributed by atoms with van der Waals surface area (Å²) in [6.07, 6.45) is 5.11. The van der Waals surface area contributed by atoms with Gasteiger partial charge >= 0.3 is 0 Å². The van der Waals surface area contributed by atoms with Crippen LogP contribution < -0.4 is 0 Å². The molecule has 0 aliphatic heterocycles. The van der Waals surface area contributed by atoms with Crippen molar-refractivity contribution in [3.8, 4) is 5.75 Å². The zero-order valence-corrected chi connectivity index (χ0v) is 8.85. The smallest absolute Gasteiger partial charge is 0.116 e. The van der Waals surface area contributed by atoms with Crippen molar-refractivity contribution >= 4 is 12.2 Å². The molecular weight excluding hydrogens is 196 g/mol. The summed E-state index contributed by atoms with van der Waals surface area (Å²) in [5.74, 6) is 0.328. The van der Waals surface area contributed by atoms with Gasteiger partial charge in [-0.2, -0.15) is 0 Å². The van der Waals surface area contributed by atoms with Crippen molar-refractivity contribution < 1.29 is 5.11 Å². The minimum Gasteiger partial charge on any atom is -0.508 e. The van der Waals surface area contributed by atoms with Gasteiger partial charge in [-0.05, 0) is 40.8 Å². The second-order valence-electron chi connectivity index (χ2n) is 4.09. The van der Waals surface area contributed by atoms with Gasteiger partial charge in [-0.1, -0.05) is 42.5 Å². The van der Waals surface area contributed by atoms with Crippen molar-refractivity contribution in [1.82, 2.24) is 0 Å². The maximum atomic E-state index is 9.46. The van der Waals surface area contributed by atoms with Crippen molar-refractivity contribution in [2.24, 2.45) is 0 Å². The van der Waals surface area contributed by atoms with Gasteiger partial charge in [-0.3, -0.25) is 0 Å². The van der Waals surface area contributed by atoms with Crippen molar-refractivity contribution in [2.45, 2.75) is 6.42 Å². The van der Waals surface area contributed by atoms with Gasteiger partial charge in [0, 0.05) is 0 Å². The van der Waals surface area contributed by atoms with Gasteiger partial charge in [-0.15, -0.1) is 0 Å². The highest BCUT2D eigenvalue weighted by Gasteiger charge is 2.08. The first-order valence-electron chi connectivity index (χ1n) is 5.41. The zero-order valence-electron chi connectivity index (χ0n) is 8.85. The average Bonchev–Trinajstić information content (AvgIpc) is 2.48. The molecule has 0 radical (unpaired) electrons. The van der Waals surface area contributed by atoms with Crippen molar-refractivity contribution in [2.75, 3.05) is 0 Å². The van der Waals surface area contributed by atoms with E-state index in [1.165, 1.54) is 16.7 Å². The largest absolute Gasteiger partial charge is 0.508 e. The lowest BCUT2D eigenvalue weighted by atomic mass is 10.00. The molecule has 0 saturated heterocycles. The van der Waals surface area contributed by atoms with Gasteiger partial charge in [0.25, 0.3) is 0 Å². The van der Waals surface area contributed by atoms with E-state index in [0.29, 0.717) is 5.75 Å². The van der Waals surface area contributed by atoms with Crippen LogP contribution in [-0.2, 0) is 6.42 Å². The lowest BCUT2D eigenvalue weighted by molar-refractivity contribution is 0.475. The minimum absolute atomic E-state index is 0.328. The van der Waals surface area contributed by atoms with Crippen LogP contribution in [0.2, 0.25) is 0 Å². The molecule has 0 amide bonds. The van der Waals surface area contributed by atoms with E-state index in [0.717, 1.165) is 12.0 Å². The van der Waals surface area contributed by atoms with E-state index in [1.807, 2.05) is 12.1 Å². The monoisotopic (exact) mass is 208 g/mol. The van der Waals surface area contributed by atoms with Gasteiger partial charge in [-0.25, -0.2) is 0 Å².